The van der Waals surface area contributed by atoms with E-state index in [9.17, 15) is 0 Å². The van der Waals surface area contributed by atoms with Crippen molar-refractivity contribution in [3.63, 3.8) is 0 Å². The van der Waals surface area contributed by atoms with E-state index in [1.54, 1.807) is 60.7 Å². The van der Waals surface area contributed by atoms with Crippen molar-refractivity contribution in [1.29, 1.82) is 0 Å². The van der Waals surface area contributed by atoms with Crippen LogP contribution in [0.5, 0.6) is 0 Å². The summed E-state index contributed by atoms with van der Waals surface area (Å²) in [5.74, 6) is 0. The molecule has 14 rings (SSSR count). The van der Waals surface area contributed by atoms with Crippen molar-refractivity contribution in [3.8, 4) is 11.1 Å². The Kier molecular flexibility index (Phi) is 7.82. The zero-order valence-electron chi connectivity index (χ0n) is 36.6. The van der Waals surface area contributed by atoms with Gasteiger partial charge in [0.15, 0.2) is 0 Å². The zero-order chi connectivity index (χ0) is 40.0. The van der Waals surface area contributed by atoms with Crippen molar-refractivity contribution in [1.82, 2.24) is 14.4 Å². The van der Waals surface area contributed by atoms with Gasteiger partial charge in [0.2, 0.25) is 0 Å². The highest BCUT2D eigenvalue weighted by Crippen LogP contribution is 2.63. The van der Waals surface area contributed by atoms with Crippen LogP contribution >= 0.6 is 0 Å². The first kappa shape index (κ1) is 36.3. The molecule has 3 nitrogen and oxygen atoms in total. The lowest BCUT2D eigenvalue weighted by Crippen LogP contribution is -2.41. The second-order valence-corrected chi connectivity index (χ2v) is 22.2. The SMILES string of the molecule is c1ccc(-c2cc3cc(c2)CCc2cc(c4c5c6c(ncc5n5c7cnc8c(c7c2c45)C2(CCCC2)CCC82CCCCC2)C2(CCCCC2)CCC62CCCC2)CC3)cc1. The Morgan fingerprint density at radius 2 is 0.836 bits per heavy atom. The van der Waals surface area contributed by atoms with Crippen LogP contribution in [0.15, 0.2) is 67.0 Å². The number of aryl methyl sites for hydroxylation is 4. The van der Waals surface area contributed by atoms with Crippen molar-refractivity contribution >= 4 is 38.1 Å². The van der Waals surface area contributed by atoms with Gasteiger partial charge in [0.25, 0.3) is 0 Å². The molecule has 0 aliphatic heterocycles. The number of benzene rings is 3. The maximum atomic E-state index is 5.85. The molecule has 4 saturated carbocycles. The molecule has 0 saturated heterocycles. The number of rotatable bonds is 1. The molecule has 3 aromatic carbocycles. The quantitative estimate of drug-likeness (QED) is 0.166. The van der Waals surface area contributed by atoms with E-state index >= 15 is 0 Å². The van der Waals surface area contributed by atoms with Gasteiger partial charge in [0.1, 0.15) is 0 Å². The fourth-order valence-corrected chi connectivity index (χ4v) is 16.4. The zero-order valence-corrected chi connectivity index (χ0v) is 36.6. The minimum atomic E-state index is 0.258. The maximum absolute atomic E-state index is 5.85. The van der Waals surface area contributed by atoms with Crippen LogP contribution in [0.25, 0.3) is 49.2 Å². The van der Waals surface area contributed by atoms with Crippen LogP contribution in [-0.4, -0.2) is 14.4 Å². The van der Waals surface area contributed by atoms with Crippen LogP contribution in [0.2, 0.25) is 0 Å². The van der Waals surface area contributed by atoms with Crippen molar-refractivity contribution in [2.45, 2.75) is 189 Å². The molecule has 3 heteroatoms. The number of pyridine rings is 2. The minimum absolute atomic E-state index is 0.258. The number of aromatic nitrogens is 3. The van der Waals surface area contributed by atoms with Gasteiger partial charge in [-0.05, 0) is 158 Å². The largest absolute Gasteiger partial charge is 0.305 e. The van der Waals surface area contributed by atoms with E-state index in [1.165, 1.54) is 175 Å². The van der Waals surface area contributed by atoms with E-state index < -0.39 is 0 Å². The molecule has 7 aliphatic carbocycles. The van der Waals surface area contributed by atoms with Gasteiger partial charge in [-0.3, -0.25) is 9.97 Å². The molecule has 0 unspecified atom stereocenters. The molecule has 4 aromatic heterocycles. The summed E-state index contributed by atoms with van der Waals surface area (Å²) in [5.41, 5.74) is 20.8. The van der Waals surface area contributed by atoms with Crippen molar-refractivity contribution in [2.75, 3.05) is 0 Å². The summed E-state index contributed by atoms with van der Waals surface area (Å²) >= 11 is 0. The van der Waals surface area contributed by atoms with Gasteiger partial charge in [-0.2, -0.15) is 0 Å². The molecule has 4 heterocycles. The summed E-state index contributed by atoms with van der Waals surface area (Å²) in [4.78, 5) is 11.7. The average Bonchev–Trinajstić information content (AvgIpc) is 4.12. The van der Waals surface area contributed by atoms with E-state index in [-0.39, 0.29) is 21.7 Å². The second kappa shape index (κ2) is 13.2. The third-order valence-corrected chi connectivity index (χ3v) is 19.3. The summed E-state index contributed by atoms with van der Waals surface area (Å²) in [5, 5.41) is 6.46. The van der Waals surface area contributed by atoms with Gasteiger partial charge in [-0.25, -0.2) is 0 Å². The Labute approximate surface area is 362 Å². The molecule has 310 valence electrons. The van der Waals surface area contributed by atoms with Gasteiger partial charge >= 0.3 is 0 Å². The molecular formula is C58H63N3. The van der Waals surface area contributed by atoms with E-state index in [4.69, 9.17) is 9.97 Å². The highest BCUT2D eigenvalue weighted by Gasteiger charge is 2.53. The molecule has 61 heavy (non-hydrogen) atoms. The predicted octanol–water partition coefficient (Wildman–Crippen LogP) is 14.8. The summed E-state index contributed by atoms with van der Waals surface area (Å²) in [6.45, 7) is 0. The Bertz CT molecular complexity index is 2720. The number of hydrogen-bond donors (Lipinski definition) is 0. The summed E-state index contributed by atoms with van der Waals surface area (Å²) < 4.78 is 2.80. The lowest BCUT2D eigenvalue weighted by molar-refractivity contribution is 0.204. The predicted molar refractivity (Wildman–Crippen MR) is 252 cm³/mol. The first-order valence-electron chi connectivity index (χ1n) is 25.3. The molecular weight excluding hydrogens is 739 g/mol. The third-order valence-electron chi connectivity index (χ3n) is 19.3. The van der Waals surface area contributed by atoms with Gasteiger partial charge in [-0.15, -0.1) is 0 Å². The lowest BCUT2D eigenvalue weighted by Gasteiger charge is -2.48. The highest BCUT2D eigenvalue weighted by molar-refractivity contribution is 6.26. The fraction of sp³-hybridized carbons (Fsp3) is 0.517. The van der Waals surface area contributed by atoms with Crippen LogP contribution in [0.4, 0.5) is 0 Å². The normalized spacial score (nSPS) is 23.5. The van der Waals surface area contributed by atoms with Crippen LogP contribution in [0.1, 0.15) is 186 Å². The number of hydrogen-bond acceptors (Lipinski definition) is 2. The van der Waals surface area contributed by atoms with E-state index in [0.29, 0.717) is 0 Å². The van der Waals surface area contributed by atoms with E-state index in [2.05, 4.69) is 71.4 Å². The molecule has 0 amide bonds. The Hall–Kier alpha value is -4.24. The van der Waals surface area contributed by atoms with Crippen molar-refractivity contribution < 1.29 is 0 Å². The van der Waals surface area contributed by atoms with Crippen LogP contribution < -0.4 is 0 Å². The standard InChI is InChI=1S/C58H63N3/c1-4-14-40(15-5-1)43-33-38-16-18-41-35-42(19-17-39(32-38)34-43)47-49-45(37-60-54-51(49)56(22-12-13-23-56)29-31-58(54)26-8-3-9-27-58)61-44-36-59-53-50(48(44)46(41)52(47)61)55(20-10-11-21-55)28-30-57(53)24-6-2-7-25-57/h1,4-5,14-15,32-37H,2-3,6-13,16-31H2. The first-order valence-corrected chi connectivity index (χ1v) is 25.3. The van der Waals surface area contributed by atoms with Gasteiger partial charge in [-0.1, -0.05) is 119 Å². The third kappa shape index (κ3) is 4.99. The van der Waals surface area contributed by atoms with Gasteiger partial charge < -0.3 is 4.40 Å². The highest BCUT2D eigenvalue weighted by atomic mass is 15.0. The van der Waals surface area contributed by atoms with Crippen LogP contribution in [0.3, 0.4) is 0 Å². The first-order chi connectivity index (χ1) is 30.1. The molecule has 0 N–H and O–H groups in total. The smallest absolute Gasteiger partial charge is 0.0728 e. The molecule has 0 atom stereocenters. The summed E-state index contributed by atoms with van der Waals surface area (Å²) in [6.07, 6.45) is 39.0. The molecule has 7 aromatic rings. The second-order valence-electron chi connectivity index (χ2n) is 22.2. The van der Waals surface area contributed by atoms with E-state index in [0.717, 1.165) is 25.7 Å². The van der Waals surface area contributed by atoms with Crippen molar-refractivity contribution in [3.05, 3.63) is 112 Å². The van der Waals surface area contributed by atoms with Crippen LogP contribution in [-0.2, 0) is 47.3 Å². The molecule has 7 aliphatic rings. The molecule has 0 radical (unpaired) electrons. The molecule has 4 bridgehead atoms. The fourth-order valence-electron chi connectivity index (χ4n) is 16.4. The Balaban J connectivity index is 1.11. The van der Waals surface area contributed by atoms with Gasteiger partial charge in [0, 0.05) is 32.4 Å². The Morgan fingerprint density at radius 3 is 1.33 bits per heavy atom. The monoisotopic (exact) mass is 802 g/mol. The minimum Gasteiger partial charge on any atom is -0.305 e. The number of fused-ring (bicyclic) bond motifs is 20. The summed E-state index contributed by atoms with van der Waals surface area (Å²) in [7, 11) is 0. The topological polar surface area (TPSA) is 30.2 Å². The molecule has 4 fully saturated rings. The van der Waals surface area contributed by atoms with E-state index in [1.807, 2.05) is 0 Å². The Morgan fingerprint density at radius 1 is 0.393 bits per heavy atom. The maximum Gasteiger partial charge on any atom is 0.0728 e. The lowest BCUT2D eigenvalue weighted by atomic mass is 9.56. The van der Waals surface area contributed by atoms with Crippen LogP contribution in [0, 0.1) is 0 Å². The van der Waals surface area contributed by atoms with Gasteiger partial charge in [0.05, 0.1) is 40.3 Å². The number of nitrogens with zero attached hydrogens (tertiary/aromatic N) is 3. The van der Waals surface area contributed by atoms with Crippen molar-refractivity contribution in [2.24, 2.45) is 0 Å². The average molecular weight is 802 g/mol. The summed E-state index contributed by atoms with van der Waals surface area (Å²) in [6, 6.07) is 21.6. The molecule has 4 spiro atoms.